The van der Waals surface area contributed by atoms with E-state index in [4.69, 9.17) is 0 Å². The highest BCUT2D eigenvalue weighted by Gasteiger charge is 2.51. The van der Waals surface area contributed by atoms with Crippen LogP contribution in [0.3, 0.4) is 0 Å². The van der Waals surface area contributed by atoms with Crippen LogP contribution in [0.4, 0.5) is 36.4 Å². The fourth-order valence-corrected chi connectivity index (χ4v) is 5.45. The number of piperazine rings is 1. The SMILES string of the molecule is C[C@@H]1CN(c2ccc(F)cc2C(F)(F)F)CCN1S(=O)(=O)c1cccc([C@](C)(O)C(F)(F)F)c1. The second-order valence-electron chi connectivity index (χ2n) is 8.17. The molecule has 1 saturated heterocycles. The van der Waals surface area contributed by atoms with Gasteiger partial charge in [0.05, 0.1) is 10.5 Å². The Balaban J connectivity index is 1.89. The standard InChI is InChI=1S/C21H21F7N2O3S/c1-13-12-29(18-7-6-15(22)11-17(18)20(23,24)25)8-9-30(13)34(32,33)16-5-3-4-14(10-16)19(2,31)21(26,27)28/h3-7,10-11,13,31H,8-9,12H2,1-2H3/t13-,19+/m1/s1. The Morgan fingerprint density at radius 2 is 1.65 bits per heavy atom. The summed E-state index contributed by atoms with van der Waals surface area (Å²) in [6.45, 7) is 1.33. The number of rotatable bonds is 4. The zero-order valence-corrected chi connectivity index (χ0v) is 18.8. The fraction of sp³-hybridized carbons (Fsp3) is 0.429. The third kappa shape index (κ3) is 4.86. The lowest BCUT2D eigenvalue weighted by Gasteiger charge is -2.41. The molecule has 2 aromatic rings. The van der Waals surface area contributed by atoms with Crippen LogP contribution >= 0.6 is 0 Å². The van der Waals surface area contributed by atoms with Crippen molar-refractivity contribution in [2.45, 2.75) is 42.7 Å². The van der Waals surface area contributed by atoms with E-state index in [0.29, 0.717) is 13.0 Å². The summed E-state index contributed by atoms with van der Waals surface area (Å²) in [6.07, 6.45) is -9.89. The van der Waals surface area contributed by atoms with Crippen LogP contribution in [0.25, 0.3) is 0 Å². The predicted octanol–water partition coefficient (Wildman–Crippen LogP) is 4.51. The predicted molar refractivity (Wildman–Crippen MR) is 109 cm³/mol. The number of halogens is 7. The molecule has 0 bridgehead atoms. The molecule has 188 valence electrons. The summed E-state index contributed by atoms with van der Waals surface area (Å²) >= 11 is 0. The quantitative estimate of drug-likeness (QED) is 0.610. The van der Waals surface area contributed by atoms with Crippen molar-refractivity contribution in [3.8, 4) is 0 Å². The fourth-order valence-electron chi connectivity index (χ4n) is 3.79. The summed E-state index contributed by atoms with van der Waals surface area (Å²) in [4.78, 5) is 0.789. The van der Waals surface area contributed by atoms with Gasteiger partial charge in [-0.1, -0.05) is 12.1 Å². The van der Waals surface area contributed by atoms with Gasteiger partial charge in [0.1, 0.15) is 5.82 Å². The second-order valence-corrected chi connectivity index (χ2v) is 10.1. The number of hydrogen-bond acceptors (Lipinski definition) is 4. The maximum atomic E-state index is 13.4. The van der Waals surface area contributed by atoms with Gasteiger partial charge in [0.15, 0.2) is 5.60 Å². The Labute approximate surface area is 191 Å². The van der Waals surface area contributed by atoms with E-state index in [2.05, 4.69) is 0 Å². The first-order valence-corrected chi connectivity index (χ1v) is 11.4. The molecule has 0 spiro atoms. The summed E-state index contributed by atoms with van der Waals surface area (Å²) in [6, 6.07) is 5.15. The monoisotopic (exact) mass is 514 g/mol. The minimum absolute atomic E-state index is 0.168. The molecule has 34 heavy (non-hydrogen) atoms. The Kier molecular flexibility index (Phi) is 6.70. The molecule has 1 aliphatic rings. The van der Waals surface area contributed by atoms with Gasteiger partial charge in [-0.15, -0.1) is 0 Å². The third-order valence-electron chi connectivity index (χ3n) is 5.73. The highest BCUT2D eigenvalue weighted by molar-refractivity contribution is 7.89. The van der Waals surface area contributed by atoms with Gasteiger partial charge in [-0.3, -0.25) is 0 Å². The van der Waals surface area contributed by atoms with E-state index in [1.807, 2.05) is 0 Å². The molecule has 3 rings (SSSR count). The molecule has 0 unspecified atom stereocenters. The highest BCUT2D eigenvalue weighted by Crippen LogP contribution is 2.40. The van der Waals surface area contributed by atoms with Crippen molar-refractivity contribution in [2.75, 3.05) is 24.5 Å². The lowest BCUT2D eigenvalue weighted by molar-refractivity contribution is -0.258. The van der Waals surface area contributed by atoms with Gasteiger partial charge in [0, 0.05) is 31.4 Å². The molecule has 0 radical (unpaired) electrons. The smallest absolute Gasteiger partial charge is 0.376 e. The van der Waals surface area contributed by atoms with E-state index >= 15 is 0 Å². The number of benzene rings is 2. The second kappa shape index (κ2) is 8.68. The number of alkyl halides is 6. The first-order valence-electron chi connectivity index (χ1n) is 9.99. The zero-order chi connectivity index (χ0) is 25.7. The Hall–Kier alpha value is -2.38. The van der Waals surface area contributed by atoms with Crippen LogP contribution in [0.2, 0.25) is 0 Å². The summed E-state index contributed by atoms with van der Waals surface area (Å²) in [5, 5.41) is 9.89. The largest absolute Gasteiger partial charge is 0.421 e. The number of anilines is 1. The maximum absolute atomic E-state index is 13.4. The summed E-state index contributed by atoms with van der Waals surface area (Å²) in [5.74, 6) is -1.07. The number of nitrogens with zero attached hydrogens (tertiary/aromatic N) is 2. The molecule has 1 fully saturated rings. The third-order valence-corrected chi connectivity index (χ3v) is 7.74. The van der Waals surface area contributed by atoms with E-state index in [9.17, 15) is 44.3 Å². The first-order chi connectivity index (χ1) is 15.5. The maximum Gasteiger partial charge on any atom is 0.421 e. The molecule has 13 heteroatoms. The van der Waals surface area contributed by atoms with Gasteiger partial charge in [-0.25, -0.2) is 12.8 Å². The van der Waals surface area contributed by atoms with Crippen LogP contribution in [0.15, 0.2) is 47.4 Å². The average molecular weight is 514 g/mol. The van der Waals surface area contributed by atoms with Crippen LogP contribution in [0.1, 0.15) is 25.0 Å². The minimum Gasteiger partial charge on any atom is -0.376 e. The molecule has 2 aromatic carbocycles. The summed E-state index contributed by atoms with van der Waals surface area (Å²) in [5.41, 5.74) is -5.47. The van der Waals surface area contributed by atoms with Gasteiger partial charge >= 0.3 is 12.4 Å². The van der Waals surface area contributed by atoms with E-state index in [-0.39, 0.29) is 25.3 Å². The molecule has 0 aliphatic carbocycles. The molecule has 2 atom stereocenters. The summed E-state index contributed by atoms with van der Waals surface area (Å²) in [7, 11) is -4.34. The van der Waals surface area contributed by atoms with Crippen LogP contribution in [-0.2, 0) is 21.8 Å². The Morgan fingerprint density at radius 3 is 2.21 bits per heavy atom. The van der Waals surface area contributed by atoms with Crippen molar-refractivity contribution in [3.05, 3.63) is 59.4 Å². The van der Waals surface area contributed by atoms with Crippen molar-refractivity contribution in [1.82, 2.24) is 4.31 Å². The molecule has 1 aliphatic heterocycles. The van der Waals surface area contributed by atoms with Crippen LogP contribution in [0.5, 0.6) is 0 Å². The average Bonchev–Trinajstić information content (AvgIpc) is 2.72. The molecular weight excluding hydrogens is 493 g/mol. The van der Waals surface area contributed by atoms with Crippen LogP contribution < -0.4 is 4.90 Å². The van der Waals surface area contributed by atoms with Gasteiger partial charge in [-0.2, -0.15) is 30.6 Å². The Morgan fingerprint density at radius 1 is 1.00 bits per heavy atom. The van der Waals surface area contributed by atoms with Crippen molar-refractivity contribution < 1.29 is 44.3 Å². The Bertz CT molecular complexity index is 1160. The lowest BCUT2D eigenvalue weighted by Crippen LogP contribution is -2.54. The molecule has 1 heterocycles. The van der Waals surface area contributed by atoms with E-state index in [0.717, 1.165) is 40.7 Å². The van der Waals surface area contributed by atoms with Crippen molar-refractivity contribution >= 4 is 15.7 Å². The minimum atomic E-state index is -5.06. The lowest BCUT2D eigenvalue weighted by atomic mass is 9.96. The van der Waals surface area contributed by atoms with Crippen LogP contribution in [0, 0.1) is 5.82 Å². The van der Waals surface area contributed by atoms with Crippen molar-refractivity contribution in [1.29, 1.82) is 0 Å². The van der Waals surface area contributed by atoms with E-state index < -0.39 is 55.9 Å². The highest BCUT2D eigenvalue weighted by atomic mass is 32.2. The normalized spacial score (nSPS) is 20.3. The molecule has 0 saturated carbocycles. The van der Waals surface area contributed by atoms with Gasteiger partial charge in [0.2, 0.25) is 10.0 Å². The first kappa shape index (κ1) is 26.2. The number of hydrogen-bond donors (Lipinski definition) is 1. The number of aliphatic hydroxyl groups is 1. The van der Waals surface area contributed by atoms with E-state index in [1.54, 1.807) is 0 Å². The topological polar surface area (TPSA) is 60.9 Å². The van der Waals surface area contributed by atoms with Crippen molar-refractivity contribution in [3.63, 3.8) is 0 Å². The van der Waals surface area contributed by atoms with Crippen LogP contribution in [-0.4, -0.2) is 49.7 Å². The van der Waals surface area contributed by atoms with Crippen molar-refractivity contribution in [2.24, 2.45) is 0 Å². The zero-order valence-electron chi connectivity index (χ0n) is 18.0. The van der Waals surface area contributed by atoms with E-state index in [1.165, 1.54) is 11.8 Å². The van der Waals surface area contributed by atoms with Gasteiger partial charge in [-0.05, 0) is 49.7 Å². The molecule has 0 amide bonds. The molecule has 0 aromatic heterocycles. The molecule has 5 nitrogen and oxygen atoms in total. The molecule has 1 N–H and O–H groups in total. The van der Waals surface area contributed by atoms with Gasteiger partial charge < -0.3 is 10.0 Å². The number of sulfonamides is 1. The molecular formula is C21H21F7N2O3S. The van der Waals surface area contributed by atoms with Gasteiger partial charge in [0.25, 0.3) is 0 Å². The summed E-state index contributed by atoms with van der Waals surface area (Å²) < 4.78 is 120.